The third-order valence-electron chi connectivity index (χ3n) is 2.07. The van der Waals surface area contributed by atoms with Crippen molar-refractivity contribution in [2.75, 3.05) is 0 Å². The molecule has 2 aromatic heterocycles. The molecule has 2 heterocycles. The van der Waals surface area contributed by atoms with Gasteiger partial charge in [-0.05, 0) is 13.0 Å². The standard InChI is InChI=1S/C11H11FN4.C2H6.B/c1-3-10-14-7(2)15-11(16-10)8-4-9(12)6-13-5-8;1-2;/h4-6H,3H2,1-2H3;1-2H3;. The zero-order valence-electron chi connectivity index (χ0n) is 11.7. The van der Waals surface area contributed by atoms with Gasteiger partial charge >= 0.3 is 0 Å². The summed E-state index contributed by atoms with van der Waals surface area (Å²) in [7, 11) is 0. The summed E-state index contributed by atoms with van der Waals surface area (Å²) < 4.78 is 13.0. The molecule has 0 aliphatic carbocycles. The fourth-order valence-electron chi connectivity index (χ4n) is 1.36. The van der Waals surface area contributed by atoms with Crippen LogP contribution in [0.5, 0.6) is 0 Å². The van der Waals surface area contributed by atoms with Crippen LogP contribution in [0.2, 0.25) is 0 Å². The molecule has 0 aliphatic heterocycles. The predicted octanol–water partition coefficient (Wildman–Crippen LogP) is 2.59. The summed E-state index contributed by atoms with van der Waals surface area (Å²) in [6.07, 6.45) is 3.41. The second kappa shape index (κ2) is 8.29. The lowest BCUT2D eigenvalue weighted by Gasteiger charge is -2.03. The highest BCUT2D eigenvalue weighted by atomic mass is 19.1. The molecule has 6 heteroatoms. The van der Waals surface area contributed by atoms with E-state index in [1.165, 1.54) is 12.3 Å². The topological polar surface area (TPSA) is 51.6 Å². The molecule has 0 saturated carbocycles. The van der Waals surface area contributed by atoms with Gasteiger partial charge in [0, 0.05) is 26.6 Å². The van der Waals surface area contributed by atoms with Crippen LogP contribution in [0.4, 0.5) is 4.39 Å². The van der Waals surface area contributed by atoms with Crippen LogP contribution < -0.4 is 0 Å². The normalized spacial score (nSPS) is 9.11. The summed E-state index contributed by atoms with van der Waals surface area (Å²) in [5.74, 6) is 1.41. The first-order valence-electron chi connectivity index (χ1n) is 6.01. The zero-order valence-corrected chi connectivity index (χ0v) is 11.7. The van der Waals surface area contributed by atoms with Gasteiger partial charge in [0.2, 0.25) is 0 Å². The van der Waals surface area contributed by atoms with Crippen LogP contribution in [-0.4, -0.2) is 28.3 Å². The van der Waals surface area contributed by atoms with E-state index in [0.29, 0.717) is 23.0 Å². The van der Waals surface area contributed by atoms with E-state index in [-0.39, 0.29) is 8.41 Å². The summed E-state index contributed by atoms with van der Waals surface area (Å²) in [4.78, 5) is 16.3. The Morgan fingerprint density at radius 3 is 2.37 bits per heavy atom. The SMILES string of the molecule is CC.CCc1nc(C)nc(-c2cncc(F)c2)n1.[B]. The van der Waals surface area contributed by atoms with E-state index >= 15 is 0 Å². The maximum Gasteiger partial charge on any atom is 0.164 e. The van der Waals surface area contributed by atoms with Crippen molar-refractivity contribution in [3.05, 3.63) is 35.9 Å². The number of aromatic nitrogens is 4. The molecule has 0 bridgehead atoms. The molecule has 0 unspecified atom stereocenters. The third kappa shape index (κ3) is 4.73. The Bertz CT molecular complexity index is 520. The summed E-state index contributed by atoms with van der Waals surface area (Å²) in [5.41, 5.74) is 0.570. The van der Waals surface area contributed by atoms with Crippen molar-refractivity contribution in [3.8, 4) is 11.4 Å². The van der Waals surface area contributed by atoms with E-state index < -0.39 is 5.82 Å². The highest BCUT2D eigenvalue weighted by molar-refractivity contribution is 5.75. The lowest BCUT2D eigenvalue weighted by molar-refractivity contribution is 0.621. The Balaban J connectivity index is 0.00000103. The average Bonchev–Trinajstić information content (AvgIpc) is 2.40. The zero-order chi connectivity index (χ0) is 13.5. The fraction of sp³-hybridized carbons (Fsp3) is 0.385. The Morgan fingerprint density at radius 1 is 1.11 bits per heavy atom. The first kappa shape index (κ1) is 17.2. The highest BCUT2D eigenvalue weighted by Gasteiger charge is 2.06. The Hall–Kier alpha value is -1.85. The van der Waals surface area contributed by atoms with Crippen molar-refractivity contribution in [2.24, 2.45) is 0 Å². The maximum absolute atomic E-state index is 13.0. The van der Waals surface area contributed by atoms with Crippen LogP contribution in [0.25, 0.3) is 11.4 Å². The molecule has 4 nitrogen and oxygen atoms in total. The van der Waals surface area contributed by atoms with Crippen molar-refractivity contribution in [1.29, 1.82) is 0 Å². The summed E-state index contributed by atoms with van der Waals surface area (Å²) in [6, 6.07) is 1.36. The predicted molar refractivity (Wildman–Crippen MR) is 74.2 cm³/mol. The Kier molecular flexibility index (Phi) is 7.49. The number of hydrogen-bond donors (Lipinski definition) is 0. The van der Waals surface area contributed by atoms with E-state index in [4.69, 9.17) is 0 Å². The van der Waals surface area contributed by atoms with E-state index in [9.17, 15) is 4.39 Å². The largest absolute Gasteiger partial charge is 0.261 e. The second-order valence-corrected chi connectivity index (χ2v) is 3.37. The molecule has 3 radical (unpaired) electrons. The molecule has 2 aromatic rings. The quantitative estimate of drug-likeness (QED) is 0.778. The molecule has 0 atom stereocenters. The molecular weight excluding hydrogens is 242 g/mol. The van der Waals surface area contributed by atoms with Gasteiger partial charge in [-0.1, -0.05) is 20.8 Å². The molecule has 0 amide bonds. The number of rotatable bonds is 2. The smallest absolute Gasteiger partial charge is 0.164 e. The van der Waals surface area contributed by atoms with Gasteiger partial charge in [0.05, 0.1) is 6.20 Å². The van der Waals surface area contributed by atoms with Crippen molar-refractivity contribution < 1.29 is 4.39 Å². The van der Waals surface area contributed by atoms with Crippen molar-refractivity contribution >= 4 is 8.41 Å². The number of aryl methyl sites for hydroxylation is 2. The fourth-order valence-corrected chi connectivity index (χ4v) is 1.36. The minimum absolute atomic E-state index is 0. The summed E-state index contributed by atoms with van der Waals surface area (Å²) >= 11 is 0. The minimum Gasteiger partial charge on any atom is -0.261 e. The molecule has 0 N–H and O–H groups in total. The van der Waals surface area contributed by atoms with Crippen molar-refractivity contribution in [2.45, 2.75) is 34.1 Å². The lowest BCUT2D eigenvalue weighted by atomic mass is 10.2. The molecule has 0 saturated heterocycles. The highest BCUT2D eigenvalue weighted by Crippen LogP contribution is 2.14. The van der Waals surface area contributed by atoms with Gasteiger partial charge in [0.15, 0.2) is 5.82 Å². The molecule has 99 valence electrons. The maximum atomic E-state index is 13.0. The molecule has 0 aromatic carbocycles. The first-order chi connectivity index (χ1) is 8.69. The van der Waals surface area contributed by atoms with E-state index in [2.05, 4.69) is 19.9 Å². The van der Waals surface area contributed by atoms with Gasteiger partial charge in [0.1, 0.15) is 17.5 Å². The number of hydrogen-bond acceptors (Lipinski definition) is 4. The lowest BCUT2D eigenvalue weighted by Crippen LogP contribution is -2.01. The third-order valence-corrected chi connectivity index (χ3v) is 2.07. The second-order valence-electron chi connectivity index (χ2n) is 3.37. The van der Waals surface area contributed by atoms with Crippen molar-refractivity contribution in [1.82, 2.24) is 19.9 Å². The monoisotopic (exact) mass is 259 g/mol. The van der Waals surface area contributed by atoms with Gasteiger partial charge in [-0.25, -0.2) is 19.3 Å². The minimum atomic E-state index is -0.395. The van der Waals surface area contributed by atoms with E-state index in [0.717, 1.165) is 12.6 Å². The number of halogens is 1. The van der Waals surface area contributed by atoms with E-state index in [1.807, 2.05) is 20.8 Å². The van der Waals surface area contributed by atoms with Crippen LogP contribution >= 0.6 is 0 Å². The Morgan fingerprint density at radius 2 is 1.79 bits per heavy atom. The van der Waals surface area contributed by atoms with Gasteiger partial charge in [0.25, 0.3) is 0 Å². The van der Waals surface area contributed by atoms with Gasteiger partial charge in [-0.15, -0.1) is 0 Å². The van der Waals surface area contributed by atoms with Gasteiger partial charge in [-0.3, -0.25) is 4.98 Å². The van der Waals surface area contributed by atoms with Gasteiger partial charge in [-0.2, -0.15) is 0 Å². The van der Waals surface area contributed by atoms with Crippen LogP contribution in [0.3, 0.4) is 0 Å². The van der Waals surface area contributed by atoms with Crippen LogP contribution in [0, 0.1) is 12.7 Å². The number of pyridine rings is 1. The van der Waals surface area contributed by atoms with E-state index in [1.54, 1.807) is 6.92 Å². The van der Waals surface area contributed by atoms with Crippen LogP contribution in [0.15, 0.2) is 18.5 Å². The average molecular weight is 259 g/mol. The molecule has 0 fully saturated rings. The number of nitrogens with zero attached hydrogens (tertiary/aromatic N) is 4. The molecule has 2 rings (SSSR count). The summed E-state index contributed by atoms with van der Waals surface area (Å²) in [5, 5.41) is 0. The van der Waals surface area contributed by atoms with Crippen LogP contribution in [-0.2, 0) is 6.42 Å². The summed E-state index contributed by atoms with van der Waals surface area (Å²) in [6.45, 7) is 7.75. The molecule has 0 aliphatic rings. The molecule has 0 spiro atoms. The first-order valence-corrected chi connectivity index (χ1v) is 6.01. The molecular formula is C13H17BFN4. The molecule has 19 heavy (non-hydrogen) atoms. The Labute approximate surface area is 115 Å². The van der Waals surface area contributed by atoms with Crippen molar-refractivity contribution in [3.63, 3.8) is 0 Å². The van der Waals surface area contributed by atoms with Crippen LogP contribution in [0.1, 0.15) is 32.4 Å². The van der Waals surface area contributed by atoms with Gasteiger partial charge < -0.3 is 0 Å².